The number of fused-ring (bicyclic) bond motifs is 2. The molecule has 1 aliphatic carbocycles. The monoisotopic (exact) mass is 376 g/mol. The molecule has 3 N–H and O–H groups in total. The van der Waals surface area contributed by atoms with E-state index in [0.29, 0.717) is 0 Å². The average molecular weight is 376 g/mol. The number of rotatable bonds is 4. The Morgan fingerprint density at radius 3 is 2.93 bits per heavy atom. The fourth-order valence-electron chi connectivity index (χ4n) is 4.62. The van der Waals surface area contributed by atoms with Crippen molar-refractivity contribution >= 4 is 11.7 Å². The van der Waals surface area contributed by atoms with Crippen LogP contribution in [0.5, 0.6) is 0 Å². The van der Waals surface area contributed by atoms with Crippen LogP contribution in [0.25, 0.3) is 0 Å². The van der Waals surface area contributed by atoms with Crippen molar-refractivity contribution < 1.29 is 20.0 Å². The minimum atomic E-state index is -0.871. The maximum Gasteiger partial charge on any atom is 0.306 e. The summed E-state index contributed by atoms with van der Waals surface area (Å²) in [7, 11) is 0. The first-order valence-corrected chi connectivity index (χ1v) is 10.1. The number of hydrogen-bond donors (Lipinski definition) is 3. The Balaban J connectivity index is 0.000000183. The Labute approximate surface area is 161 Å². The van der Waals surface area contributed by atoms with Crippen molar-refractivity contribution in [3.63, 3.8) is 0 Å². The average Bonchev–Trinajstić information content (AvgIpc) is 3.04. The van der Waals surface area contributed by atoms with Gasteiger partial charge in [-0.05, 0) is 41.7 Å². The van der Waals surface area contributed by atoms with Gasteiger partial charge < -0.3 is 15.3 Å². The Kier molecular flexibility index (Phi) is 6.73. The Hall–Kier alpha value is -1.63. The van der Waals surface area contributed by atoms with E-state index < -0.39 is 11.9 Å². The van der Waals surface area contributed by atoms with Crippen molar-refractivity contribution in [2.75, 3.05) is 31.1 Å². The van der Waals surface area contributed by atoms with Gasteiger partial charge in [0.2, 0.25) is 0 Å². The largest absolute Gasteiger partial charge is 0.481 e. The second-order valence-electron chi connectivity index (χ2n) is 8.18. The number of nitrogens with zero attached hydrogens (tertiary/aromatic N) is 1. The lowest BCUT2D eigenvalue weighted by molar-refractivity contribution is -0.252. The number of nitrogens with one attached hydrogen (secondary N) is 1. The summed E-state index contributed by atoms with van der Waals surface area (Å²) in [5.74, 6) is 0.273. The highest BCUT2D eigenvalue weighted by molar-refractivity contribution is 5.69. The second-order valence-corrected chi connectivity index (χ2v) is 8.18. The highest BCUT2D eigenvalue weighted by atomic mass is 17.1. The quantitative estimate of drug-likeness (QED) is 0.552. The summed E-state index contributed by atoms with van der Waals surface area (Å²) in [5, 5.41) is 20.0. The number of carboxylic acids is 1. The van der Waals surface area contributed by atoms with Gasteiger partial charge in [0.25, 0.3) is 0 Å². The molecule has 1 fully saturated rings. The summed E-state index contributed by atoms with van der Waals surface area (Å²) in [4.78, 5) is 16.7. The molecule has 0 amide bonds. The molecule has 2 heterocycles. The van der Waals surface area contributed by atoms with E-state index in [-0.39, 0.29) is 12.5 Å². The molecule has 0 unspecified atom stereocenters. The molecule has 0 bridgehead atoms. The molecule has 0 radical (unpaired) electrons. The highest BCUT2D eigenvalue weighted by Gasteiger charge is 2.37. The van der Waals surface area contributed by atoms with Gasteiger partial charge in [0, 0.05) is 31.9 Å². The van der Waals surface area contributed by atoms with Crippen LogP contribution >= 0.6 is 0 Å². The fourth-order valence-corrected chi connectivity index (χ4v) is 4.62. The van der Waals surface area contributed by atoms with Crippen molar-refractivity contribution in [2.45, 2.75) is 45.6 Å². The van der Waals surface area contributed by atoms with Crippen LogP contribution < -0.4 is 10.2 Å². The molecule has 3 aliphatic rings. The molecule has 4 atom stereocenters. The second kappa shape index (κ2) is 9.04. The number of hydrogen-bond acceptors (Lipinski definition) is 5. The summed E-state index contributed by atoms with van der Waals surface area (Å²) in [6, 6.07) is 6.96. The third-order valence-corrected chi connectivity index (χ3v) is 6.43. The van der Waals surface area contributed by atoms with Crippen molar-refractivity contribution in [1.82, 2.24) is 5.32 Å². The number of carboxylic acid groups (broad SMARTS) is 1. The molecule has 0 aromatic heterocycles. The third-order valence-electron chi connectivity index (χ3n) is 6.43. The topological polar surface area (TPSA) is 82.0 Å². The lowest BCUT2D eigenvalue weighted by Gasteiger charge is -2.38. The highest BCUT2D eigenvalue weighted by Crippen LogP contribution is 2.48. The molecule has 1 aromatic rings. The van der Waals surface area contributed by atoms with Gasteiger partial charge in [-0.25, -0.2) is 4.89 Å². The van der Waals surface area contributed by atoms with E-state index in [1.807, 2.05) is 0 Å². The van der Waals surface area contributed by atoms with Gasteiger partial charge in [0.15, 0.2) is 0 Å². The van der Waals surface area contributed by atoms with Crippen LogP contribution in [-0.4, -0.2) is 42.6 Å². The molecule has 27 heavy (non-hydrogen) atoms. The molecule has 6 heteroatoms. The van der Waals surface area contributed by atoms with Crippen LogP contribution in [0.1, 0.15) is 50.2 Å². The zero-order valence-electron chi connectivity index (χ0n) is 16.4. The molecule has 1 aromatic carbocycles. The van der Waals surface area contributed by atoms with Crippen molar-refractivity contribution in [2.24, 2.45) is 17.8 Å². The molecule has 2 aliphatic heterocycles. The van der Waals surface area contributed by atoms with Crippen molar-refractivity contribution in [1.29, 1.82) is 0 Å². The molecule has 1 saturated carbocycles. The number of carbonyl (C=O) groups is 1. The summed E-state index contributed by atoms with van der Waals surface area (Å²) < 4.78 is 0. The van der Waals surface area contributed by atoms with E-state index in [1.54, 1.807) is 25.1 Å². The number of para-hydroxylation sites is 1. The maximum atomic E-state index is 10.3. The van der Waals surface area contributed by atoms with Crippen LogP contribution in [-0.2, 0) is 16.2 Å². The van der Waals surface area contributed by atoms with E-state index >= 15 is 0 Å². The number of aliphatic carboxylic acids is 1. The van der Waals surface area contributed by atoms with Crippen molar-refractivity contribution in [3.8, 4) is 0 Å². The maximum absolute atomic E-state index is 10.3. The van der Waals surface area contributed by atoms with Gasteiger partial charge >= 0.3 is 5.97 Å². The SMILES string of the molecule is C[C@@H](COO)[C@@H](C)C(=O)O.c1cc2c3c(c1)[C@H]1CCC[C@H]1CN3CCNC2. The molecule has 0 spiro atoms. The predicted octanol–water partition coefficient (Wildman–Crippen LogP) is 3.33. The first kappa shape index (κ1) is 20.1. The van der Waals surface area contributed by atoms with Gasteiger partial charge in [-0.3, -0.25) is 10.1 Å². The normalized spacial score (nSPS) is 25.4. The smallest absolute Gasteiger partial charge is 0.306 e. The van der Waals surface area contributed by atoms with Crippen LogP contribution in [0.4, 0.5) is 5.69 Å². The molecular formula is C21H32N2O4. The van der Waals surface area contributed by atoms with Crippen LogP contribution in [0, 0.1) is 17.8 Å². The van der Waals surface area contributed by atoms with E-state index in [9.17, 15) is 4.79 Å². The molecule has 4 rings (SSSR count). The molecule has 6 nitrogen and oxygen atoms in total. The van der Waals surface area contributed by atoms with E-state index in [4.69, 9.17) is 10.4 Å². The van der Waals surface area contributed by atoms with Crippen LogP contribution in [0.2, 0.25) is 0 Å². The Morgan fingerprint density at radius 2 is 2.19 bits per heavy atom. The van der Waals surface area contributed by atoms with E-state index in [2.05, 4.69) is 33.3 Å². The number of anilines is 1. The van der Waals surface area contributed by atoms with Gasteiger partial charge in [0.1, 0.15) is 0 Å². The number of benzene rings is 1. The standard InChI is InChI=1S/C15H20N2.C6H12O4/c1-3-11-9-16-7-8-17-10-12-4-2-5-13(12)14(6-1)15(11)17;1-4(3-10-9)5(2)6(7)8/h1,3,6,12-13,16H,2,4-5,7-10H2;4-5,9H,3H2,1-2H3,(H,7,8)/t12-,13-;4-,5+/m00/s1. The zero-order valence-corrected chi connectivity index (χ0v) is 16.4. The first-order valence-electron chi connectivity index (χ1n) is 10.1. The first-order chi connectivity index (χ1) is 13.0. The lowest BCUT2D eigenvalue weighted by Crippen LogP contribution is -2.38. The minimum absolute atomic E-state index is 0.0630. The van der Waals surface area contributed by atoms with Crippen LogP contribution in [0.3, 0.4) is 0 Å². The molecule has 0 saturated heterocycles. The summed E-state index contributed by atoms with van der Waals surface area (Å²) in [5.41, 5.74) is 4.76. The lowest BCUT2D eigenvalue weighted by atomic mass is 9.82. The van der Waals surface area contributed by atoms with E-state index in [0.717, 1.165) is 24.9 Å². The molecule has 150 valence electrons. The zero-order chi connectivity index (χ0) is 19.4. The van der Waals surface area contributed by atoms with Gasteiger partial charge in [0.05, 0.1) is 12.5 Å². The van der Waals surface area contributed by atoms with E-state index in [1.165, 1.54) is 37.9 Å². The Bertz CT molecular complexity index is 651. The predicted molar refractivity (Wildman–Crippen MR) is 105 cm³/mol. The third kappa shape index (κ3) is 4.45. The minimum Gasteiger partial charge on any atom is -0.481 e. The van der Waals surface area contributed by atoms with Gasteiger partial charge in [-0.2, -0.15) is 0 Å². The fraction of sp³-hybridized carbons (Fsp3) is 0.667. The van der Waals surface area contributed by atoms with Gasteiger partial charge in [-0.1, -0.05) is 38.5 Å². The summed E-state index contributed by atoms with van der Waals surface area (Å²) in [6.07, 6.45) is 4.30. The Morgan fingerprint density at radius 1 is 1.37 bits per heavy atom. The summed E-state index contributed by atoms with van der Waals surface area (Å²) in [6.45, 7) is 8.01. The van der Waals surface area contributed by atoms with Crippen molar-refractivity contribution in [3.05, 3.63) is 29.3 Å². The van der Waals surface area contributed by atoms with Crippen LogP contribution in [0.15, 0.2) is 18.2 Å². The van der Waals surface area contributed by atoms with Gasteiger partial charge in [-0.15, -0.1) is 0 Å². The summed E-state index contributed by atoms with van der Waals surface area (Å²) >= 11 is 0. The molecular weight excluding hydrogens is 344 g/mol.